The average molecular weight is 317 g/mol. The third-order valence-corrected chi connectivity index (χ3v) is 4.76. The van der Waals surface area contributed by atoms with Crippen molar-refractivity contribution in [1.29, 1.82) is 0 Å². The van der Waals surface area contributed by atoms with Crippen LogP contribution in [0.2, 0.25) is 0 Å². The first-order valence-corrected chi connectivity index (χ1v) is 7.71. The third kappa shape index (κ3) is 4.26. The van der Waals surface area contributed by atoms with Crippen molar-refractivity contribution in [2.24, 2.45) is 0 Å². The number of ether oxygens (including phenoxy) is 1. The Morgan fingerprint density at radius 2 is 1.57 bits per heavy atom. The van der Waals surface area contributed by atoms with Crippen LogP contribution in [0.1, 0.15) is 34.7 Å². The minimum Gasteiger partial charge on any atom is -0.466 e. The zero-order chi connectivity index (χ0) is 15.7. The van der Waals surface area contributed by atoms with Gasteiger partial charge in [0.05, 0.1) is 6.61 Å². The molecule has 0 aliphatic heterocycles. The number of hydrogen-bond acceptors (Lipinski definition) is 5. The fraction of sp³-hybridized carbons (Fsp3) is 0.500. The van der Waals surface area contributed by atoms with Crippen LogP contribution in [0.25, 0.3) is 0 Å². The van der Waals surface area contributed by atoms with Crippen molar-refractivity contribution >= 4 is 16.1 Å². The van der Waals surface area contributed by atoms with Gasteiger partial charge in [0, 0.05) is 13.3 Å². The minimum atomic E-state index is -4.28. The highest BCUT2D eigenvalue weighted by Gasteiger charge is 2.22. The molecule has 0 amide bonds. The molecule has 4 N–H and O–H groups in total. The predicted molar refractivity (Wildman–Crippen MR) is 80.6 cm³/mol. The second-order valence-electron chi connectivity index (χ2n) is 4.87. The molecule has 0 fully saturated rings. The second-order valence-corrected chi connectivity index (χ2v) is 6.23. The first-order valence-electron chi connectivity index (χ1n) is 6.27. The molecular weight excluding hydrogens is 294 g/mol. The molecule has 6 nitrogen and oxygen atoms in total. The van der Waals surface area contributed by atoms with Gasteiger partial charge in [-0.1, -0.05) is 0 Å². The first-order chi connectivity index (χ1) is 9.07. The quantitative estimate of drug-likeness (QED) is 0.651. The molecule has 21 heavy (non-hydrogen) atoms. The van der Waals surface area contributed by atoms with Gasteiger partial charge in [0.15, 0.2) is 0 Å². The summed E-state index contributed by atoms with van der Waals surface area (Å²) >= 11 is 0. The predicted octanol–water partition coefficient (Wildman–Crippen LogP) is 2.43. The molecule has 7 heteroatoms. The van der Waals surface area contributed by atoms with Gasteiger partial charge in [-0.25, -0.2) is 0 Å². The van der Waals surface area contributed by atoms with E-state index in [0.29, 0.717) is 17.5 Å². The van der Waals surface area contributed by atoms with Crippen LogP contribution in [-0.2, 0) is 26.1 Å². The molecule has 1 aromatic carbocycles. The van der Waals surface area contributed by atoms with Gasteiger partial charge in [0.25, 0.3) is 10.1 Å². The standard InChI is InChI=1S/C14H20O5S.H3N/c1-8-9(2)13(6-7-19-12(5)15)11(4)14(10(8)3)20(16,17)18;/h6-7H2,1-5H3,(H,16,17,18);1H3. The molecular formula is C14H23NO5S. The molecule has 0 saturated heterocycles. The van der Waals surface area contributed by atoms with Gasteiger partial charge in [0.1, 0.15) is 4.90 Å². The SMILES string of the molecule is CC(=O)OCCc1c(C)c(C)c(C)c(S(=O)(=O)O)c1C.N. The smallest absolute Gasteiger partial charge is 0.302 e. The van der Waals surface area contributed by atoms with Crippen molar-refractivity contribution in [2.45, 2.75) is 45.9 Å². The van der Waals surface area contributed by atoms with Gasteiger partial charge in [-0.2, -0.15) is 8.42 Å². The third-order valence-electron chi connectivity index (χ3n) is 3.63. The zero-order valence-corrected chi connectivity index (χ0v) is 13.9. The highest BCUT2D eigenvalue weighted by Crippen LogP contribution is 2.30. The summed E-state index contributed by atoms with van der Waals surface area (Å²) in [6.07, 6.45) is 0.418. The molecule has 0 saturated carbocycles. The highest BCUT2D eigenvalue weighted by molar-refractivity contribution is 7.86. The lowest BCUT2D eigenvalue weighted by atomic mass is 9.92. The zero-order valence-electron chi connectivity index (χ0n) is 13.1. The second kappa shape index (κ2) is 7.02. The summed E-state index contributed by atoms with van der Waals surface area (Å²) in [6, 6.07) is 0. The Balaban J connectivity index is 0.00000400. The molecule has 0 spiro atoms. The Kier molecular flexibility index (Phi) is 6.54. The van der Waals surface area contributed by atoms with Gasteiger partial charge in [-0.05, 0) is 55.5 Å². The van der Waals surface area contributed by atoms with E-state index in [-0.39, 0.29) is 23.6 Å². The summed E-state index contributed by atoms with van der Waals surface area (Å²) in [4.78, 5) is 10.7. The van der Waals surface area contributed by atoms with Crippen molar-refractivity contribution in [3.05, 3.63) is 27.8 Å². The van der Waals surface area contributed by atoms with E-state index < -0.39 is 10.1 Å². The monoisotopic (exact) mass is 317 g/mol. The van der Waals surface area contributed by atoms with E-state index in [1.807, 2.05) is 13.8 Å². The van der Waals surface area contributed by atoms with Crippen LogP contribution in [0, 0.1) is 27.7 Å². The molecule has 1 rings (SSSR count). The lowest BCUT2D eigenvalue weighted by molar-refractivity contribution is -0.140. The molecule has 0 radical (unpaired) electrons. The Morgan fingerprint density at radius 1 is 1.05 bits per heavy atom. The van der Waals surface area contributed by atoms with Crippen LogP contribution >= 0.6 is 0 Å². The van der Waals surface area contributed by atoms with Gasteiger partial charge >= 0.3 is 5.97 Å². The van der Waals surface area contributed by atoms with Crippen LogP contribution in [-0.4, -0.2) is 25.5 Å². The molecule has 1 aromatic rings. The molecule has 0 aromatic heterocycles. The maximum absolute atomic E-state index is 11.5. The van der Waals surface area contributed by atoms with E-state index in [9.17, 15) is 17.8 Å². The Hall–Kier alpha value is -1.44. The largest absolute Gasteiger partial charge is 0.466 e. The van der Waals surface area contributed by atoms with Crippen LogP contribution in [0.5, 0.6) is 0 Å². The van der Waals surface area contributed by atoms with Crippen molar-refractivity contribution in [3.63, 3.8) is 0 Å². The first kappa shape index (κ1) is 19.6. The summed E-state index contributed by atoms with van der Waals surface area (Å²) in [7, 11) is -4.28. The minimum absolute atomic E-state index is 0. The van der Waals surface area contributed by atoms with Gasteiger partial charge < -0.3 is 10.9 Å². The van der Waals surface area contributed by atoms with Gasteiger partial charge in [-0.3, -0.25) is 9.35 Å². The number of esters is 1. The van der Waals surface area contributed by atoms with Crippen molar-refractivity contribution in [1.82, 2.24) is 6.15 Å². The maximum atomic E-state index is 11.5. The number of rotatable bonds is 4. The Morgan fingerprint density at radius 3 is 2.00 bits per heavy atom. The molecule has 0 aliphatic rings. The van der Waals surface area contributed by atoms with Crippen LogP contribution in [0.4, 0.5) is 0 Å². The van der Waals surface area contributed by atoms with E-state index >= 15 is 0 Å². The van der Waals surface area contributed by atoms with Gasteiger partial charge in [-0.15, -0.1) is 0 Å². The summed E-state index contributed by atoms with van der Waals surface area (Å²) in [5.41, 5.74) is 3.64. The molecule has 0 bridgehead atoms. The van der Waals surface area contributed by atoms with E-state index in [2.05, 4.69) is 0 Å². The molecule has 0 atom stereocenters. The van der Waals surface area contributed by atoms with Crippen LogP contribution in [0.15, 0.2) is 4.90 Å². The highest BCUT2D eigenvalue weighted by atomic mass is 32.2. The molecule has 120 valence electrons. The summed E-state index contributed by atoms with van der Waals surface area (Å²) in [6.45, 7) is 8.55. The topological polar surface area (TPSA) is 116 Å². The lowest BCUT2D eigenvalue weighted by Crippen LogP contribution is -2.12. The molecule has 0 aliphatic carbocycles. The van der Waals surface area contributed by atoms with Crippen molar-refractivity contribution in [2.75, 3.05) is 6.61 Å². The van der Waals surface area contributed by atoms with E-state index in [0.717, 1.165) is 16.7 Å². The average Bonchev–Trinajstić information content (AvgIpc) is 2.29. The normalized spacial score (nSPS) is 11.0. The van der Waals surface area contributed by atoms with Gasteiger partial charge in [0.2, 0.25) is 0 Å². The molecule has 0 unspecified atom stereocenters. The fourth-order valence-corrected chi connectivity index (χ4v) is 3.49. The number of hydrogen-bond donors (Lipinski definition) is 2. The number of carbonyl (C=O) groups excluding carboxylic acids is 1. The Labute approximate surface area is 125 Å². The maximum Gasteiger partial charge on any atom is 0.302 e. The van der Waals surface area contributed by atoms with Crippen molar-refractivity contribution in [3.8, 4) is 0 Å². The van der Waals surface area contributed by atoms with Crippen molar-refractivity contribution < 1.29 is 22.5 Å². The van der Waals surface area contributed by atoms with E-state index in [4.69, 9.17) is 4.74 Å². The number of benzene rings is 1. The fourth-order valence-electron chi connectivity index (χ4n) is 2.44. The number of carbonyl (C=O) groups is 1. The van der Waals surface area contributed by atoms with Crippen LogP contribution in [0.3, 0.4) is 0 Å². The molecule has 0 heterocycles. The summed E-state index contributed by atoms with van der Waals surface area (Å²) in [5.74, 6) is -0.376. The lowest BCUT2D eigenvalue weighted by Gasteiger charge is -2.19. The van der Waals surface area contributed by atoms with E-state index in [1.54, 1.807) is 13.8 Å². The summed E-state index contributed by atoms with van der Waals surface area (Å²) < 4.78 is 37.4. The van der Waals surface area contributed by atoms with E-state index in [1.165, 1.54) is 6.92 Å². The summed E-state index contributed by atoms with van der Waals surface area (Å²) in [5, 5.41) is 0. The Bertz CT molecular complexity index is 650. The van der Waals surface area contributed by atoms with Crippen LogP contribution < -0.4 is 6.15 Å².